The van der Waals surface area contributed by atoms with Crippen LogP contribution in [0.15, 0.2) is 34.1 Å². The molecule has 1 aromatic heterocycles. The summed E-state index contributed by atoms with van der Waals surface area (Å²) in [4.78, 5) is 13.8. The second-order valence-corrected chi connectivity index (χ2v) is 4.17. The second-order valence-electron chi connectivity index (χ2n) is 3.45. The molecule has 1 rings (SSSR count). The largest absolute Gasteiger partial charge is 0.457 e. The second kappa shape index (κ2) is 5.16. The van der Waals surface area contributed by atoms with E-state index in [0.29, 0.717) is 16.8 Å². The molecule has 0 atom stereocenters. The maximum absolute atomic E-state index is 12.0. The van der Waals surface area contributed by atoms with Crippen LogP contribution in [0.3, 0.4) is 0 Å². The van der Waals surface area contributed by atoms with Crippen LogP contribution < -0.4 is 0 Å². The molecule has 0 spiro atoms. The molecule has 82 valence electrons. The van der Waals surface area contributed by atoms with E-state index in [-0.39, 0.29) is 11.9 Å². The van der Waals surface area contributed by atoms with Crippen LogP contribution in [0.25, 0.3) is 0 Å². The zero-order valence-electron chi connectivity index (χ0n) is 8.87. The number of hydrogen-bond donors (Lipinski definition) is 0. The third-order valence-electron chi connectivity index (χ3n) is 2.06. The van der Waals surface area contributed by atoms with E-state index >= 15 is 0 Å². The molecular formula is C11H14BrNO2. The number of nitrogens with zero attached hydrogens (tertiary/aromatic N) is 1. The molecule has 0 aliphatic heterocycles. The maximum Gasteiger partial charge on any atom is 0.258 e. The summed E-state index contributed by atoms with van der Waals surface area (Å²) in [7, 11) is 0. The van der Waals surface area contributed by atoms with Gasteiger partial charge >= 0.3 is 0 Å². The fourth-order valence-electron chi connectivity index (χ4n) is 1.27. The SMILES string of the molecule is C=CCN(C(=O)c1ccoc1Br)C(C)C. The molecule has 0 radical (unpaired) electrons. The van der Waals surface area contributed by atoms with Gasteiger partial charge in [-0.05, 0) is 35.8 Å². The number of furan rings is 1. The van der Waals surface area contributed by atoms with Crippen molar-refractivity contribution in [3.05, 3.63) is 35.2 Å². The van der Waals surface area contributed by atoms with Gasteiger partial charge in [-0.2, -0.15) is 0 Å². The zero-order chi connectivity index (χ0) is 11.4. The van der Waals surface area contributed by atoms with Crippen molar-refractivity contribution >= 4 is 21.8 Å². The highest BCUT2D eigenvalue weighted by Crippen LogP contribution is 2.20. The van der Waals surface area contributed by atoms with Crippen molar-refractivity contribution in [1.82, 2.24) is 4.90 Å². The van der Waals surface area contributed by atoms with Gasteiger partial charge in [-0.15, -0.1) is 6.58 Å². The minimum absolute atomic E-state index is 0.0504. The lowest BCUT2D eigenvalue weighted by Gasteiger charge is -2.24. The third kappa shape index (κ3) is 2.72. The van der Waals surface area contributed by atoms with E-state index in [1.165, 1.54) is 6.26 Å². The lowest BCUT2D eigenvalue weighted by atomic mass is 10.2. The average molecular weight is 272 g/mol. The number of amides is 1. The van der Waals surface area contributed by atoms with Gasteiger partial charge in [0.25, 0.3) is 5.91 Å². The first-order valence-corrected chi connectivity index (χ1v) is 5.52. The molecule has 0 unspecified atom stereocenters. The Hall–Kier alpha value is -1.03. The smallest absolute Gasteiger partial charge is 0.258 e. The van der Waals surface area contributed by atoms with Crippen molar-refractivity contribution in [3.8, 4) is 0 Å². The lowest BCUT2D eigenvalue weighted by Crippen LogP contribution is -2.36. The van der Waals surface area contributed by atoms with Gasteiger partial charge in [0.1, 0.15) is 0 Å². The summed E-state index contributed by atoms with van der Waals surface area (Å²) in [5.74, 6) is -0.0504. The summed E-state index contributed by atoms with van der Waals surface area (Å²) in [5.41, 5.74) is 0.547. The molecule has 0 aliphatic carbocycles. The van der Waals surface area contributed by atoms with E-state index in [4.69, 9.17) is 4.42 Å². The summed E-state index contributed by atoms with van der Waals surface area (Å²) >= 11 is 3.20. The molecular weight excluding hydrogens is 258 g/mol. The van der Waals surface area contributed by atoms with Gasteiger partial charge in [0, 0.05) is 12.6 Å². The predicted molar refractivity (Wildman–Crippen MR) is 62.8 cm³/mol. The molecule has 1 heterocycles. The molecule has 4 heteroatoms. The molecule has 0 aromatic carbocycles. The molecule has 15 heavy (non-hydrogen) atoms. The standard InChI is InChI=1S/C11H14BrNO2/c1-4-6-13(8(2)3)11(14)9-5-7-15-10(9)12/h4-5,7-8H,1,6H2,2-3H3. The van der Waals surface area contributed by atoms with Crippen molar-refractivity contribution in [1.29, 1.82) is 0 Å². The molecule has 0 N–H and O–H groups in total. The Kier molecular flexibility index (Phi) is 4.15. The van der Waals surface area contributed by atoms with Crippen molar-refractivity contribution in [3.63, 3.8) is 0 Å². The Morgan fingerprint density at radius 1 is 1.73 bits per heavy atom. The summed E-state index contributed by atoms with van der Waals surface area (Å²) in [5, 5.41) is 0. The quantitative estimate of drug-likeness (QED) is 0.789. The molecule has 0 aliphatic rings. The summed E-state index contributed by atoms with van der Waals surface area (Å²) < 4.78 is 5.51. The highest BCUT2D eigenvalue weighted by Gasteiger charge is 2.21. The van der Waals surface area contributed by atoms with E-state index in [1.807, 2.05) is 13.8 Å². The summed E-state index contributed by atoms with van der Waals surface area (Å²) in [6.07, 6.45) is 3.20. The average Bonchev–Trinajstić information content (AvgIpc) is 2.59. The van der Waals surface area contributed by atoms with Crippen LogP contribution in [0.1, 0.15) is 24.2 Å². The lowest BCUT2D eigenvalue weighted by molar-refractivity contribution is 0.0726. The number of halogens is 1. The highest BCUT2D eigenvalue weighted by atomic mass is 79.9. The minimum Gasteiger partial charge on any atom is -0.457 e. The van der Waals surface area contributed by atoms with E-state index in [1.54, 1.807) is 17.0 Å². The summed E-state index contributed by atoms with van der Waals surface area (Å²) in [6, 6.07) is 1.79. The third-order valence-corrected chi connectivity index (χ3v) is 2.67. The van der Waals surface area contributed by atoms with Crippen LogP contribution in [0.4, 0.5) is 0 Å². The first-order chi connectivity index (χ1) is 7.07. The highest BCUT2D eigenvalue weighted by molar-refractivity contribution is 9.10. The molecule has 1 aromatic rings. The monoisotopic (exact) mass is 271 g/mol. The van der Waals surface area contributed by atoms with Crippen molar-refractivity contribution in [2.24, 2.45) is 0 Å². The van der Waals surface area contributed by atoms with Crippen LogP contribution in [-0.2, 0) is 0 Å². The Bertz CT molecular complexity index is 357. The van der Waals surface area contributed by atoms with Gasteiger partial charge < -0.3 is 9.32 Å². The number of rotatable bonds is 4. The molecule has 1 amide bonds. The van der Waals surface area contributed by atoms with Crippen molar-refractivity contribution in [2.75, 3.05) is 6.54 Å². The van der Waals surface area contributed by atoms with Crippen molar-refractivity contribution in [2.45, 2.75) is 19.9 Å². The molecule has 0 bridgehead atoms. The van der Waals surface area contributed by atoms with Gasteiger partial charge in [-0.25, -0.2) is 0 Å². The molecule has 0 saturated carbocycles. The van der Waals surface area contributed by atoms with E-state index in [9.17, 15) is 4.79 Å². The van der Waals surface area contributed by atoms with Crippen LogP contribution in [-0.4, -0.2) is 23.4 Å². The fraction of sp³-hybridized carbons (Fsp3) is 0.364. The van der Waals surface area contributed by atoms with Gasteiger partial charge in [-0.1, -0.05) is 6.08 Å². The topological polar surface area (TPSA) is 33.5 Å². The van der Waals surface area contributed by atoms with E-state index in [0.717, 1.165) is 0 Å². The molecule has 0 fully saturated rings. The normalized spacial score (nSPS) is 10.4. The summed E-state index contributed by atoms with van der Waals surface area (Å²) in [6.45, 7) is 8.11. The minimum atomic E-state index is -0.0504. The fourth-order valence-corrected chi connectivity index (χ4v) is 1.68. The van der Waals surface area contributed by atoms with Crippen LogP contribution in [0.5, 0.6) is 0 Å². The Morgan fingerprint density at radius 2 is 2.40 bits per heavy atom. The zero-order valence-corrected chi connectivity index (χ0v) is 10.5. The van der Waals surface area contributed by atoms with Crippen LogP contribution in [0, 0.1) is 0 Å². The van der Waals surface area contributed by atoms with Gasteiger partial charge in [-0.3, -0.25) is 4.79 Å². The van der Waals surface area contributed by atoms with Crippen LogP contribution >= 0.6 is 15.9 Å². The van der Waals surface area contributed by atoms with Crippen LogP contribution in [0.2, 0.25) is 0 Å². The van der Waals surface area contributed by atoms with Crippen molar-refractivity contribution < 1.29 is 9.21 Å². The van der Waals surface area contributed by atoms with Gasteiger partial charge in [0.15, 0.2) is 4.67 Å². The van der Waals surface area contributed by atoms with E-state index in [2.05, 4.69) is 22.5 Å². The first-order valence-electron chi connectivity index (χ1n) is 4.72. The van der Waals surface area contributed by atoms with Gasteiger partial charge in [0.2, 0.25) is 0 Å². The molecule has 0 saturated heterocycles. The Balaban J connectivity index is 2.90. The number of hydrogen-bond acceptors (Lipinski definition) is 2. The first kappa shape index (κ1) is 12.0. The number of carbonyl (C=O) groups excluding carboxylic acids is 1. The Morgan fingerprint density at radius 3 is 2.80 bits per heavy atom. The van der Waals surface area contributed by atoms with E-state index < -0.39 is 0 Å². The predicted octanol–water partition coefficient (Wildman–Crippen LogP) is 3.08. The molecule has 3 nitrogen and oxygen atoms in total. The number of carbonyl (C=O) groups is 1. The maximum atomic E-state index is 12.0. The van der Waals surface area contributed by atoms with Gasteiger partial charge in [0.05, 0.1) is 11.8 Å². The Labute approximate surface area is 97.9 Å².